The SMILES string of the molecule is CC(C)CCOCCC(CNC(C)C)c1ccc(F)cc1. The van der Waals surface area contributed by atoms with E-state index in [-0.39, 0.29) is 5.82 Å². The Labute approximate surface area is 129 Å². The largest absolute Gasteiger partial charge is 0.381 e. The second kappa shape index (κ2) is 9.91. The summed E-state index contributed by atoms with van der Waals surface area (Å²) >= 11 is 0. The molecule has 0 aliphatic rings. The Kier molecular flexibility index (Phi) is 8.55. The zero-order valence-corrected chi connectivity index (χ0v) is 13.9. The molecule has 0 aliphatic heterocycles. The van der Waals surface area contributed by atoms with E-state index in [9.17, 15) is 4.39 Å². The molecule has 0 saturated heterocycles. The van der Waals surface area contributed by atoms with Crippen molar-refractivity contribution < 1.29 is 9.13 Å². The highest BCUT2D eigenvalue weighted by Crippen LogP contribution is 2.20. The predicted octanol–water partition coefficient (Wildman–Crippen LogP) is 4.36. The molecule has 1 unspecified atom stereocenters. The van der Waals surface area contributed by atoms with Crippen LogP contribution >= 0.6 is 0 Å². The van der Waals surface area contributed by atoms with Gasteiger partial charge in [0.15, 0.2) is 0 Å². The van der Waals surface area contributed by atoms with Crippen molar-refractivity contribution in [3.63, 3.8) is 0 Å². The van der Waals surface area contributed by atoms with Crippen molar-refractivity contribution in [1.82, 2.24) is 5.32 Å². The van der Waals surface area contributed by atoms with Crippen molar-refractivity contribution in [2.24, 2.45) is 5.92 Å². The van der Waals surface area contributed by atoms with Crippen LogP contribution in [0.5, 0.6) is 0 Å². The van der Waals surface area contributed by atoms with Gasteiger partial charge in [0.25, 0.3) is 0 Å². The van der Waals surface area contributed by atoms with Gasteiger partial charge >= 0.3 is 0 Å². The Hall–Kier alpha value is -0.930. The Morgan fingerprint density at radius 2 is 1.62 bits per heavy atom. The van der Waals surface area contributed by atoms with Crippen molar-refractivity contribution in [1.29, 1.82) is 0 Å². The zero-order valence-electron chi connectivity index (χ0n) is 13.9. The average molecular weight is 295 g/mol. The van der Waals surface area contributed by atoms with E-state index in [4.69, 9.17) is 4.74 Å². The molecular formula is C18H30FNO. The summed E-state index contributed by atoms with van der Waals surface area (Å²) in [6, 6.07) is 7.30. The van der Waals surface area contributed by atoms with Gasteiger partial charge in [-0.1, -0.05) is 39.8 Å². The zero-order chi connectivity index (χ0) is 15.7. The quantitative estimate of drug-likeness (QED) is 0.648. The van der Waals surface area contributed by atoms with E-state index in [0.29, 0.717) is 17.9 Å². The third-order valence-electron chi connectivity index (χ3n) is 3.56. The molecule has 0 fully saturated rings. The molecule has 1 aromatic carbocycles. The molecule has 0 bridgehead atoms. The predicted molar refractivity (Wildman–Crippen MR) is 87.2 cm³/mol. The van der Waals surface area contributed by atoms with Gasteiger partial charge < -0.3 is 10.1 Å². The van der Waals surface area contributed by atoms with Crippen molar-refractivity contribution in [2.45, 2.75) is 52.5 Å². The first-order valence-electron chi connectivity index (χ1n) is 8.05. The van der Waals surface area contributed by atoms with E-state index in [1.54, 1.807) is 0 Å². The number of ether oxygens (including phenoxy) is 1. The molecule has 0 saturated carbocycles. The lowest BCUT2D eigenvalue weighted by Gasteiger charge is -2.20. The van der Waals surface area contributed by atoms with E-state index in [0.717, 1.165) is 32.6 Å². The summed E-state index contributed by atoms with van der Waals surface area (Å²) < 4.78 is 18.8. The van der Waals surface area contributed by atoms with Gasteiger partial charge in [-0.15, -0.1) is 0 Å². The molecule has 2 nitrogen and oxygen atoms in total. The Morgan fingerprint density at radius 3 is 2.19 bits per heavy atom. The maximum absolute atomic E-state index is 13.1. The van der Waals surface area contributed by atoms with E-state index >= 15 is 0 Å². The minimum absolute atomic E-state index is 0.178. The fourth-order valence-electron chi connectivity index (χ4n) is 2.15. The third-order valence-corrected chi connectivity index (χ3v) is 3.56. The lowest BCUT2D eigenvalue weighted by Crippen LogP contribution is -2.28. The number of hydrogen-bond donors (Lipinski definition) is 1. The highest BCUT2D eigenvalue weighted by molar-refractivity contribution is 5.20. The average Bonchev–Trinajstić information content (AvgIpc) is 2.42. The summed E-state index contributed by atoms with van der Waals surface area (Å²) in [6.45, 7) is 11.2. The van der Waals surface area contributed by atoms with Crippen LogP contribution in [0.4, 0.5) is 4.39 Å². The fraction of sp³-hybridized carbons (Fsp3) is 0.667. The molecule has 1 rings (SSSR count). The molecule has 120 valence electrons. The van der Waals surface area contributed by atoms with Crippen molar-refractivity contribution in [3.8, 4) is 0 Å². The fourth-order valence-corrected chi connectivity index (χ4v) is 2.15. The second-order valence-electron chi connectivity index (χ2n) is 6.39. The highest BCUT2D eigenvalue weighted by atomic mass is 19.1. The molecule has 21 heavy (non-hydrogen) atoms. The number of nitrogens with one attached hydrogen (secondary N) is 1. The first-order valence-corrected chi connectivity index (χ1v) is 8.05. The van der Waals surface area contributed by atoms with Gasteiger partial charge in [-0.3, -0.25) is 0 Å². The minimum Gasteiger partial charge on any atom is -0.381 e. The van der Waals surface area contributed by atoms with Crippen LogP contribution < -0.4 is 5.32 Å². The van der Waals surface area contributed by atoms with Crippen LogP contribution in [0.15, 0.2) is 24.3 Å². The molecular weight excluding hydrogens is 265 g/mol. The van der Waals surface area contributed by atoms with Crippen LogP contribution in [-0.2, 0) is 4.74 Å². The minimum atomic E-state index is -0.178. The monoisotopic (exact) mass is 295 g/mol. The number of hydrogen-bond acceptors (Lipinski definition) is 2. The number of benzene rings is 1. The first kappa shape index (κ1) is 18.1. The number of halogens is 1. The van der Waals surface area contributed by atoms with Crippen LogP contribution in [-0.4, -0.2) is 25.8 Å². The Bertz CT molecular complexity index is 375. The van der Waals surface area contributed by atoms with Gasteiger partial charge in [-0.05, 0) is 42.4 Å². The maximum atomic E-state index is 13.1. The van der Waals surface area contributed by atoms with E-state index in [1.807, 2.05) is 12.1 Å². The lowest BCUT2D eigenvalue weighted by molar-refractivity contribution is 0.116. The summed E-state index contributed by atoms with van der Waals surface area (Å²) in [6.07, 6.45) is 2.06. The molecule has 0 heterocycles. The topological polar surface area (TPSA) is 21.3 Å². The summed E-state index contributed by atoms with van der Waals surface area (Å²) in [5.74, 6) is 0.870. The summed E-state index contributed by atoms with van der Waals surface area (Å²) in [7, 11) is 0. The van der Waals surface area contributed by atoms with Crippen molar-refractivity contribution in [3.05, 3.63) is 35.6 Å². The van der Waals surface area contributed by atoms with Gasteiger partial charge in [0.1, 0.15) is 5.82 Å². The highest BCUT2D eigenvalue weighted by Gasteiger charge is 2.12. The van der Waals surface area contributed by atoms with Crippen LogP contribution in [0.3, 0.4) is 0 Å². The normalized spacial score (nSPS) is 13.1. The molecule has 0 radical (unpaired) electrons. The van der Waals surface area contributed by atoms with Crippen LogP contribution in [0.2, 0.25) is 0 Å². The molecule has 0 aliphatic carbocycles. The summed E-state index contributed by atoms with van der Waals surface area (Å²) in [4.78, 5) is 0. The summed E-state index contributed by atoms with van der Waals surface area (Å²) in [5.41, 5.74) is 1.18. The van der Waals surface area contributed by atoms with E-state index in [1.165, 1.54) is 17.7 Å². The van der Waals surface area contributed by atoms with E-state index in [2.05, 4.69) is 33.0 Å². The molecule has 1 atom stereocenters. The van der Waals surface area contributed by atoms with Crippen LogP contribution in [0.25, 0.3) is 0 Å². The van der Waals surface area contributed by atoms with Crippen molar-refractivity contribution >= 4 is 0 Å². The number of rotatable bonds is 10. The van der Waals surface area contributed by atoms with Gasteiger partial charge in [-0.25, -0.2) is 4.39 Å². The molecule has 1 N–H and O–H groups in total. The van der Waals surface area contributed by atoms with Crippen LogP contribution in [0.1, 0.15) is 52.0 Å². The smallest absolute Gasteiger partial charge is 0.123 e. The molecule has 0 aromatic heterocycles. The van der Waals surface area contributed by atoms with Gasteiger partial charge in [0.2, 0.25) is 0 Å². The third kappa shape index (κ3) is 8.18. The Balaban J connectivity index is 2.46. The Morgan fingerprint density at radius 1 is 1.00 bits per heavy atom. The van der Waals surface area contributed by atoms with Gasteiger partial charge in [0.05, 0.1) is 0 Å². The van der Waals surface area contributed by atoms with Crippen LogP contribution in [0, 0.1) is 11.7 Å². The molecule has 3 heteroatoms. The summed E-state index contributed by atoms with van der Waals surface area (Å²) in [5, 5.41) is 3.47. The van der Waals surface area contributed by atoms with Crippen molar-refractivity contribution in [2.75, 3.05) is 19.8 Å². The second-order valence-corrected chi connectivity index (χ2v) is 6.39. The standard InChI is InChI=1S/C18H30FNO/c1-14(2)9-11-21-12-10-17(13-20-15(3)4)16-5-7-18(19)8-6-16/h5-8,14-15,17,20H,9-13H2,1-4H3. The van der Waals surface area contributed by atoms with Gasteiger partial charge in [-0.2, -0.15) is 0 Å². The maximum Gasteiger partial charge on any atom is 0.123 e. The molecule has 0 amide bonds. The molecule has 0 spiro atoms. The van der Waals surface area contributed by atoms with Gasteiger partial charge in [0, 0.05) is 25.8 Å². The van der Waals surface area contributed by atoms with E-state index < -0.39 is 0 Å². The lowest BCUT2D eigenvalue weighted by atomic mass is 9.95. The molecule has 1 aromatic rings. The first-order chi connectivity index (χ1) is 9.99.